The van der Waals surface area contributed by atoms with Crippen molar-refractivity contribution in [2.45, 2.75) is 19.6 Å². The number of benzene rings is 1. The zero-order valence-corrected chi connectivity index (χ0v) is 11.3. The molecule has 1 heterocycles. The van der Waals surface area contributed by atoms with Crippen LogP contribution in [0.15, 0.2) is 47.4 Å². The smallest absolute Gasteiger partial charge is 0.293 e. The molecule has 0 saturated carbocycles. The van der Waals surface area contributed by atoms with Gasteiger partial charge in [-0.1, -0.05) is 18.2 Å². The Morgan fingerprint density at radius 3 is 2.75 bits per heavy atom. The molecule has 1 aromatic carbocycles. The summed E-state index contributed by atoms with van der Waals surface area (Å²) in [7, 11) is 0. The van der Waals surface area contributed by atoms with E-state index in [1.807, 2.05) is 6.92 Å². The lowest BCUT2D eigenvalue weighted by Crippen LogP contribution is -2.28. The van der Waals surface area contributed by atoms with Crippen molar-refractivity contribution < 1.29 is 9.13 Å². The average molecular weight is 276 g/mol. The van der Waals surface area contributed by atoms with E-state index < -0.39 is 0 Å². The fourth-order valence-electron chi connectivity index (χ4n) is 1.83. The fraction of sp³-hybridized carbons (Fsp3) is 0.267. The maximum Gasteiger partial charge on any atom is 0.293 e. The van der Waals surface area contributed by atoms with Crippen LogP contribution in [-0.4, -0.2) is 11.1 Å². The number of hydrogen-bond acceptors (Lipinski definition) is 3. The summed E-state index contributed by atoms with van der Waals surface area (Å²) >= 11 is 0. The van der Waals surface area contributed by atoms with E-state index in [4.69, 9.17) is 10.5 Å². The molecular formula is C15H17FN2O2. The Bertz CT molecular complexity index is 640. The topological polar surface area (TPSA) is 57.2 Å². The van der Waals surface area contributed by atoms with Gasteiger partial charge < -0.3 is 15.0 Å². The van der Waals surface area contributed by atoms with Crippen molar-refractivity contribution in [1.82, 2.24) is 4.57 Å². The summed E-state index contributed by atoms with van der Waals surface area (Å²) in [6.07, 6.45) is 1.66. The Morgan fingerprint density at radius 1 is 1.30 bits per heavy atom. The molecular weight excluding hydrogens is 259 g/mol. The molecule has 1 unspecified atom stereocenters. The second-order valence-corrected chi connectivity index (χ2v) is 4.55. The van der Waals surface area contributed by atoms with Gasteiger partial charge in [-0.15, -0.1) is 0 Å². The first-order valence-corrected chi connectivity index (χ1v) is 6.41. The maximum absolute atomic E-state index is 13.5. The monoisotopic (exact) mass is 276 g/mol. The largest absolute Gasteiger partial charge is 0.483 e. The van der Waals surface area contributed by atoms with Crippen LogP contribution >= 0.6 is 0 Å². The van der Waals surface area contributed by atoms with Crippen LogP contribution in [0, 0.1) is 5.82 Å². The van der Waals surface area contributed by atoms with Gasteiger partial charge in [0, 0.05) is 24.3 Å². The van der Waals surface area contributed by atoms with Crippen LogP contribution in [0.25, 0.3) is 0 Å². The first-order chi connectivity index (χ1) is 9.63. The molecule has 0 aliphatic rings. The fourth-order valence-corrected chi connectivity index (χ4v) is 1.83. The van der Waals surface area contributed by atoms with Crippen LogP contribution in [0.4, 0.5) is 4.39 Å². The van der Waals surface area contributed by atoms with E-state index in [0.29, 0.717) is 12.1 Å². The van der Waals surface area contributed by atoms with Crippen LogP contribution in [-0.2, 0) is 6.61 Å². The van der Waals surface area contributed by atoms with E-state index in [-0.39, 0.29) is 29.8 Å². The summed E-state index contributed by atoms with van der Waals surface area (Å²) in [5, 5.41) is 0. The lowest BCUT2D eigenvalue weighted by molar-refractivity contribution is 0.291. The molecule has 2 rings (SSSR count). The van der Waals surface area contributed by atoms with Crippen LogP contribution in [0.2, 0.25) is 0 Å². The molecule has 0 radical (unpaired) electrons. The van der Waals surface area contributed by atoms with Crippen molar-refractivity contribution in [1.29, 1.82) is 0 Å². The Labute approximate surface area is 116 Å². The average Bonchev–Trinajstić information content (AvgIpc) is 2.47. The van der Waals surface area contributed by atoms with Gasteiger partial charge in [-0.25, -0.2) is 4.39 Å². The standard InChI is InChI=1S/C15H17FN2O2/c1-11(9-17)18-8-4-7-14(15(18)19)20-10-12-5-2-3-6-13(12)16/h2-8,11H,9-10,17H2,1H3. The second-order valence-electron chi connectivity index (χ2n) is 4.55. The summed E-state index contributed by atoms with van der Waals surface area (Å²) in [5.41, 5.74) is 5.71. The highest BCUT2D eigenvalue weighted by Crippen LogP contribution is 2.11. The number of ether oxygens (including phenoxy) is 1. The van der Waals surface area contributed by atoms with E-state index in [0.717, 1.165) is 0 Å². The number of aromatic nitrogens is 1. The summed E-state index contributed by atoms with van der Waals surface area (Å²) in [6.45, 7) is 2.22. The molecule has 0 amide bonds. The van der Waals surface area contributed by atoms with E-state index in [1.54, 1.807) is 36.5 Å². The Hall–Kier alpha value is -2.14. The van der Waals surface area contributed by atoms with E-state index in [9.17, 15) is 9.18 Å². The molecule has 1 aromatic heterocycles. The zero-order valence-electron chi connectivity index (χ0n) is 11.3. The van der Waals surface area contributed by atoms with E-state index >= 15 is 0 Å². The molecule has 0 aliphatic heterocycles. The van der Waals surface area contributed by atoms with Gasteiger partial charge >= 0.3 is 0 Å². The molecule has 0 bridgehead atoms. The Balaban J connectivity index is 2.19. The van der Waals surface area contributed by atoms with Gasteiger partial charge in [0.25, 0.3) is 5.56 Å². The van der Waals surface area contributed by atoms with Crippen LogP contribution in [0.1, 0.15) is 18.5 Å². The van der Waals surface area contributed by atoms with Gasteiger partial charge in [-0.05, 0) is 25.1 Å². The molecule has 4 nitrogen and oxygen atoms in total. The third-order valence-electron chi connectivity index (χ3n) is 3.10. The predicted octanol–water partition coefficient (Wildman–Crippen LogP) is 2.09. The third-order valence-corrected chi connectivity index (χ3v) is 3.10. The SMILES string of the molecule is CC(CN)n1cccc(OCc2ccccc2F)c1=O. The van der Waals surface area contributed by atoms with Crippen molar-refractivity contribution in [3.8, 4) is 5.75 Å². The van der Waals surface area contributed by atoms with Crippen molar-refractivity contribution in [3.63, 3.8) is 0 Å². The van der Waals surface area contributed by atoms with E-state index in [1.165, 1.54) is 10.6 Å². The molecule has 20 heavy (non-hydrogen) atoms. The molecule has 0 saturated heterocycles. The van der Waals surface area contributed by atoms with Crippen molar-refractivity contribution in [2.24, 2.45) is 5.73 Å². The normalized spacial score (nSPS) is 12.2. The van der Waals surface area contributed by atoms with Crippen molar-refractivity contribution in [2.75, 3.05) is 6.54 Å². The van der Waals surface area contributed by atoms with Crippen molar-refractivity contribution in [3.05, 3.63) is 64.3 Å². The molecule has 0 spiro atoms. The minimum Gasteiger partial charge on any atom is -0.483 e. The van der Waals surface area contributed by atoms with Crippen LogP contribution in [0.5, 0.6) is 5.75 Å². The zero-order chi connectivity index (χ0) is 14.5. The molecule has 1 atom stereocenters. The molecule has 0 aliphatic carbocycles. The number of nitrogens with two attached hydrogens (primary N) is 1. The lowest BCUT2D eigenvalue weighted by Gasteiger charge is -2.14. The van der Waals surface area contributed by atoms with Gasteiger partial charge in [0.1, 0.15) is 12.4 Å². The number of pyridine rings is 1. The highest BCUT2D eigenvalue weighted by atomic mass is 19.1. The molecule has 0 fully saturated rings. The molecule has 5 heteroatoms. The van der Waals surface area contributed by atoms with Gasteiger partial charge in [-0.3, -0.25) is 4.79 Å². The van der Waals surface area contributed by atoms with Crippen molar-refractivity contribution >= 4 is 0 Å². The highest BCUT2D eigenvalue weighted by Gasteiger charge is 2.09. The predicted molar refractivity (Wildman–Crippen MR) is 75.2 cm³/mol. The summed E-state index contributed by atoms with van der Waals surface area (Å²) in [6, 6.07) is 9.49. The quantitative estimate of drug-likeness (QED) is 0.909. The van der Waals surface area contributed by atoms with Crippen LogP contribution < -0.4 is 16.0 Å². The van der Waals surface area contributed by atoms with E-state index in [2.05, 4.69) is 0 Å². The lowest BCUT2D eigenvalue weighted by atomic mass is 10.2. The molecule has 2 aromatic rings. The summed E-state index contributed by atoms with van der Waals surface area (Å²) < 4.78 is 20.4. The number of hydrogen-bond donors (Lipinski definition) is 1. The van der Waals surface area contributed by atoms with Crippen LogP contribution in [0.3, 0.4) is 0 Å². The van der Waals surface area contributed by atoms with Gasteiger partial charge in [0.15, 0.2) is 5.75 Å². The minimum absolute atomic E-state index is 0.0168. The Morgan fingerprint density at radius 2 is 2.05 bits per heavy atom. The van der Waals surface area contributed by atoms with Gasteiger partial charge in [-0.2, -0.15) is 0 Å². The first kappa shape index (κ1) is 14.3. The van der Waals surface area contributed by atoms with Gasteiger partial charge in [0.05, 0.1) is 0 Å². The first-order valence-electron chi connectivity index (χ1n) is 6.41. The molecule has 106 valence electrons. The number of nitrogens with zero attached hydrogens (tertiary/aromatic N) is 1. The third kappa shape index (κ3) is 3.05. The maximum atomic E-state index is 13.5. The highest BCUT2D eigenvalue weighted by molar-refractivity contribution is 5.21. The second kappa shape index (κ2) is 6.34. The number of rotatable bonds is 5. The number of halogens is 1. The minimum atomic E-state index is -0.348. The molecule has 2 N–H and O–H groups in total. The summed E-state index contributed by atoms with van der Waals surface area (Å²) in [5.74, 6) is -0.157. The van der Waals surface area contributed by atoms with Gasteiger partial charge in [0.2, 0.25) is 0 Å². The summed E-state index contributed by atoms with van der Waals surface area (Å²) in [4.78, 5) is 12.2. The Kier molecular flexibility index (Phi) is 4.53.